The van der Waals surface area contributed by atoms with Crippen LogP contribution in [0.25, 0.3) is 0 Å². The van der Waals surface area contributed by atoms with Crippen LogP contribution in [0.1, 0.15) is 13.8 Å². The number of fused-ring (bicyclic) bond motifs is 1. The normalized spacial score (nSPS) is 12.7. The molecule has 2 nitrogen and oxygen atoms in total. The van der Waals surface area contributed by atoms with E-state index in [2.05, 4.69) is 16.9 Å². The molecule has 0 amide bonds. The number of pyridine rings is 1. The highest BCUT2D eigenvalue weighted by Crippen LogP contribution is 2.37. The third kappa shape index (κ3) is 1.80. The van der Waals surface area contributed by atoms with Crippen LogP contribution in [-0.2, 0) is 0 Å². The van der Waals surface area contributed by atoms with E-state index in [1.54, 1.807) is 18.0 Å². The lowest BCUT2D eigenvalue weighted by Crippen LogP contribution is -1.87. The highest BCUT2D eigenvalue weighted by atomic mass is 32.2. The third-order valence-electron chi connectivity index (χ3n) is 1.26. The Morgan fingerprint density at radius 3 is 2.92 bits per heavy atom. The minimum atomic E-state index is 0.928. The summed E-state index contributed by atoms with van der Waals surface area (Å²) in [7, 11) is 0. The monoisotopic (exact) mass is 180 g/mol. The van der Waals surface area contributed by atoms with E-state index in [9.17, 15) is 0 Å². The first-order valence-corrected chi connectivity index (χ1v) is 4.77. The Morgan fingerprint density at radius 1 is 1.50 bits per heavy atom. The van der Waals surface area contributed by atoms with Crippen LogP contribution in [0.3, 0.4) is 0 Å². The van der Waals surface area contributed by atoms with Crippen LogP contribution >= 0.6 is 11.8 Å². The van der Waals surface area contributed by atoms with Crippen molar-refractivity contribution in [3.05, 3.63) is 29.9 Å². The van der Waals surface area contributed by atoms with Gasteiger partial charge in [0.25, 0.3) is 0 Å². The lowest BCUT2D eigenvalue weighted by Gasteiger charge is -1.92. The van der Waals surface area contributed by atoms with Gasteiger partial charge in [-0.05, 0) is 12.1 Å². The number of anilines is 1. The highest BCUT2D eigenvalue weighted by molar-refractivity contribution is 8.03. The Kier molecular flexibility index (Phi) is 3.17. The second-order valence-corrected chi connectivity index (χ2v) is 3.14. The van der Waals surface area contributed by atoms with E-state index in [0.717, 1.165) is 15.7 Å². The second-order valence-electron chi connectivity index (χ2n) is 2.00. The van der Waals surface area contributed by atoms with Crippen LogP contribution in [-0.4, -0.2) is 4.98 Å². The Labute approximate surface area is 77.1 Å². The first-order chi connectivity index (χ1) is 5.86. The molecule has 2 heterocycles. The SMILES string of the molecule is C=C1Nc2ncccc2S1.CC. The molecule has 0 spiro atoms. The molecule has 1 aromatic heterocycles. The molecule has 0 aromatic carbocycles. The molecule has 3 heteroatoms. The molecule has 0 atom stereocenters. The van der Waals surface area contributed by atoms with Gasteiger partial charge in [0, 0.05) is 6.20 Å². The summed E-state index contributed by atoms with van der Waals surface area (Å²) in [5, 5.41) is 4.01. The van der Waals surface area contributed by atoms with Gasteiger partial charge in [0.1, 0.15) is 5.82 Å². The molecule has 12 heavy (non-hydrogen) atoms. The number of thioether (sulfide) groups is 1. The summed E-state index contributed by atoms with van der Waals surface area (Å²) in [6.45, 7) is 7.78. The number of aromatic nitrogens is 1. The van der Waals surface area contributed by atoms with Crippen LogP contribution in [0.5, 0.6) is 0 Å². The van der Waals surface area contributed by atoms with Gasteiger partial charge in [-0.15, -0.1) is 0 Å². The van der Waals surface area contributed by atoms with E-state index >= 15 is 0 Å². The fourth-order valence-electron chi connectivity index (χ4n) is 0.857. The molecular formula is C9H12N2S. The lowest BCUT2D eigenvalue weighted by atomic mass is 10.5. The topological polar surface area (TPSA) is 24.9 Å². The van der Waals surface area contributed by atoms with E-state index in [1.165, 1.54) is 0 Å². The summed E-state index contributed by atoms with van der Waals surface area (Å²) < 4.78 is 0. The first-order valence-electron chi connectivity index (χ1n) is 3.95. The molecule has 0 saturated carbocycles. The molecular weight excluding hydrogens is 168 g/mol. The Hall–Kier alpha value is -0.960. The average molecular weight is 180 g/mol. The molecule has 0 saturated heterocycles. The van der Waals surface area contributed by atoms with Crippen LogP contribution in [0.4, 0.5) is 5.82 Å². The highest BCUT2D eigenvalue weighted by Gasteiger charge is 2.13. The minimum Gasteiger partial charge on any atom is -0.334 e. The lowest BCUT2D eigenvalue weighted by molar-refractivity contribution is 1.25. The fraction of sp³-hybridized carbons (Fsp3) is 0.222. The molecule has 1 aliphatic heterocycles. The van der Waals surface area contributed by atoms with Gasteiger partial charge in [0.2, 0.25) is 0 Å². The van der Waals surface area contributed by atoms with Crippen molar-refractivity contribution in [2.24, 2.45) is 0 Å². The summed E-state index contributed by atoms with van der Waals surface area (Å²) in [5.41, 5.74) is 0. The fourth-order valence-corrected chi connectivity index (χ4v) is 1.62. The largest absolute Gasteiger partial charge is 0.334 e. The van der Waals surface area contributed by atoms with Gasteiger partial charge in [-0.25, -0.2) is 4.98 Å². The summed E-state index contributed by atoms with van der Waals surface area (Å²) >= 11 is 1.62. The number of rotatable bonds is 0. The first kappa shape index (κ1) is 9.13. The maximum Gasteiger partial charge on any atom is 0.144 e. The molecule has 0 fully saturated rings. The van der Waals surface area contributed by atoms with Crippen molar-refractivity contribution in [3.63, 3.8) is 0 Å². The second kappa shape index (κ2) is 4.16. The maximum absolute atomic E-state index is 4.12. The van der Waals surface area contributed by atoms with Crippen molar-refractivity contribution in [1.29, 1.82) is 0 Å². The van der Waals surface area contributed by atoms with E-state index in [0.29, 0.717) is 0 Å². The number of hydrogen-bond acceptors (Lipinski definition) is 3. The number of hydrogen-bond donors (Lipinski definition) is 1. The van der Waals surface area contributed by atoms with Crippen LogP contribution in [0, 0.1) is 0 Å². The molecule has 0 unspecified atom stereocenters. The average Bonchev–Trinajstić information content (AvgIpc) is 2.48. The Bertz CT molecular complexity index is 257. The maximum atomic E-state index is 4.12. The third-order valence-corrected chi connectivity index (χ3v) is 2.16. The summed E-state index contributed by atoms with van der Waals surface area (Å²) in [6.07, 6.45) is 1.77. The van der Waals surface area contributed by atoms with E-state index in [1.807, 2.05) is 26.0 Å². The van der Waals surface area contributed by atoms with Crippen LogP contribution in [0.15, 0.2) is 34.8 Å². The van der Waals surface area contributed by atoms with Gasteiger partial charge < -0.3 is 5.32 Å². The van der Waals surface area contributed by atoms with E-state index in [4.69, 9.17) is 0 Å². The van der Waals surface area contributed by atoms with Crippen LogP contribution in [0.2, 0.25) is 0 Å². The van der Waals surface area contributed by atoms with Crippen molar-refractivity contribution in [2.75, 3.05) is 5.32 Å². The minimum absolute atomic E-state index is 0.928. The molecule has 0 aliphatic carbocycles. The predicted molar refractivity (Wildman–Crippen MR) is 54.2 cm³/mol. The summed E-state index contributed by atoms with van der Waals surface area (Å²) in [5.74, 6) is 0.928. The molecule has 0 bridgehead atoms. The zero-order valence-electron chi connectivity index (χ0n) is 7.29. The van der Waals surface area contributed by atoms with Crippen molar-refractivity contribution >= 4 is 17.6 Å². The van der Waals surface area contributed by atoms with Crippen molar-refractivity contribution < 1.29 is 0 Å². The summed E-state index contributed by atoms with van der Waals surface area (Å²) in [4.78, 5) is 5.28. The van der Waals surface area contributed by atoms with Gasteiger partial charge in [-0.2, -0.15) is 0 Å². The zero-order chi connectivity index (χ0) is 8.97. The number of nitrogens with zero attached hydrogens (tertiary/aromatic N) is 1. The van der Waals surface area contributed by atoms with Crippen LogP contribution < -0.4 is 5.32 Å². The van der Waals surface area contributed by atoms with Gasteiger partial charge in [0.15, 0.2) is 0 Å². The molecule has 0 radical (unpaired) electrons. The van der Waals surface area contributed by atoms with E-state index in [-0.39, 0.29) is 0 Å². The Balaban J connectivity index is 0.000000336. The standard InChI is InChI=1S/C7H6N2S.C2H6/c1-5-9-7-6(10-5)3-2-4-8-7;1-2/h2-4H,1H2,(H,8,9);1-2H3. The molecule has 1 aromatic rings. The molecule has 64 valence electrons. The smallest absolute Gasteiger partial charge is 0.144 e. The van der Waals surface area contributed by atoms with Gasteiger partial charge >= 0.3 is 0 Å². The quantitative estimate of drug-likeness (QED) is 0.664. The molecule has 1 N–H and O–H groups in total. The van der Waals surface area contributed by atoms with Crippen molar-refractivity contribution in [3.8, 4) is 0 Å². The van der Waals surface area contributed by atoms with E-state index < -0.39 is 0 Å². The van der Waals surface area contributed by atoms with Gasteiger partial charge in [-0.1, -0.05) is 32.2 Å². The number of nitrogens with one attached hydrogen (secondary N) is 1. The van der Waals surface area contributed by atoms with Gasteiger partial charge in [0.05, 0.1) is 9.92 Å². The van der Waals surface area contributed by atoms with Gasteiger partial charge in [-0.3, -0.25) is 0 Å². The molecule has 1 aliphatic rings. The summed E-state index contributed by atoms with van der Waals surface area (Å²) in [6, 6.07) is 3.95. The van der Waals surface area contributed by atoms with Crippen molar-refractivity contribution in [2.45, 2.75) is 18.7 Å². The Morgan fingerprint density at radius 2 is 2.25 bits per heavy atom. The predicted octanol–water partition coefficient (Wildman–Crippen LogP) is 3.10. The van der Waals surface area contributed by atoms with Crippen molar-refractivity contribution in [1.82, 2.24) is 4.98 Å². The molecule has 2 rings (SSSR count). The zero-order valence-corrected chi connectivity index (χ0v) is 8.11.